The Morgan fingerprint density at radius 1 is 0.933 bits per heavy atom. The van der Waals surface area contributed by atoms with E-state index >= 15 is 0 Å². The van der Waals surface area contributed by atoms with Gasteiger partial charge in [0.15, 0.2) is 0 Å². The average molecular weight is 218 g/mol. The van der Waals surface area contributed by atoms with Gasteiger partial charge in [0, 0.05) is 16.4 Å². The molecule has 1 nitrogen and oxygen atoms in total. The van der Waals surface area contributed by atoms with Gasteiger partial charge in [-0.15, -0.1) is 0 Å². The topological polar surface area (TPSA) is 12.0 Å². The van der Waals surface area contributed by atoms with Crippen molar-refractivity contribution >= 4 is 23.0 Å². The van der Waals surface area contributed by atoms with Gasteiger partial charge in [0.05, 0.1) is 0 Å². The summed E-state index contributed by atoms with van der Waals surface area (Å²) in [5.74, 6) is 0. The maximum atomic E-state index is 6.04. The van der Waals surface area contributed by atoms with Crippen LogP contribution in [-0.4, -0.2) is 0 Å². The molecule has 0 atom stereocenters. The molecule has 0 aliphatic rings. The summed E-state index contributed by atoms with van der Waals surface area (Å²) in [6, 6.07) is 16.0. The van der Waals surface area contributed by atoms with E-state index in [0.29, 0.717) is 0 Å². The van der Waals surface area contributed by atoms with Crippen LogP contribution in [0, 0.1) is 6.92 Å². The van der Waals surface area contributed by atoms with Gasteiger partial charge >= 0.3 is 0 Å². The van der Waals surface area contributed by atoms with Gasteiger partial charge in [-0.05, 0) is 36.8 Å². The van der Waals surface area contributed by atoms with Crippen molar-refractivity contribution in [3.05, 3.63) is 59.1 Å². The maximum Gasteiger partial charge on any atom is 0.0455 e. The normalized spacial score (nSPS) is 10.0. The lowest BCUT2D eigenvalue weighted by molar-refractivity contribution is 1.45. The predicted octanol–water partition coefficient (Wildman–Crippen LogP) is 4.39. The van der Waals surface area contributed by atoms with Gasteiger partial charge in [0.25, 0.3) is 0 Å². The molecule has 2 aromatic rings. The number of aryl methyl sites for hydroxylation is 1. The van der Waals surface area contributed by atoms with Crippen LogP contribution in [-0.2, 0) is 0 Å². The van der Waals surface area contributed by atoms with Crippen LogP contribution in [0.5, 0.6) is 0 Å². The van der Waals surface area contributed by atoms with Crippen molar-refractivity contribution < 1.29 is 0 Å². The highest BCUT2D eigenvalue weighted by atomic mass is 35.5. The zero-order valence-corrected chi connectivity index (χ0v) is 9.25. The van der Waals surface area contributed by atoms with E-state index in [1.807, 2.05) is 55.5 Å². The molecule has 2 heteroatoms. The lowest BCUT2D eigenvalue weighted by Crippen LogP contribution is -1.89. The number of para-hydroxylation sites is 1. The molecular formula is C13H12ClN. The first-order chi connectivity index (χ1) is 7.25. The second kappa shape index (κ2) is 4.37. The Morgan fingerprint density at radius 3 is 2.33 bits per heavy atom. The summed E-state index contributed by atoms with van der Waals surface area (Å²) in [6.45, 7) is 1.99. The van der Waals surface area contributed by atoms with Crippen molar-refractivity contribution in [1.29, 1.82) is 0 Å². The van der Waals surface area contributed by atoms with Crippen molar-refractivity contribution in [2.24, 2.45) is 0 Å². The predicted molar refractivity (Wildman–Crippen MR) is 65.9 cm³/mol. The Bertz CT molecular complexity index is 451. The second-order valence-corrected chi connectivity index (χ2v) is 3.86. The van der Waals surface area contributed by atoms with Crippen molar-refractivity contribution in [1.82, 2.24) is 0 Å². The first-order valence-electron chi connectivity index (χ1n) is 4.84. The number of hydrogen-bond donors (Lipinski definition) is 1. The van der Waals surface area contributed by atoms with Crippen LogP contribution in [0.15, 0.2) is 48.5 Å². The molecule has 0 heterocycles. The SMILES string of the molecule is Cc1ccc(Nc2ccccc2)cc1Cl. The lowest BCUT2D eigenvalue weighted by atomic mass is 10.2. The molecule has 0 saturated heterocycles. The summed E-state index contributed by atoms with van der Waals surface area (Å²) in [5, 5.41) is 4.08. The summed E-state index contributed by atoms with van der Waals surface area (Å²) in [6.07, 6.45) is 0. The third kappa shape index (κ3) is 2.51. The van der Waals surface area contributed by atoms with E-state index in [0.717, 1.165) is 22.0 Å². The minimum atomic E-state index is 0.788. The van der Waals surface area contributed by atoms with Gasteiger partial charge in [0.2, 0.25) is 0 Å². The van der Waals surface area contributed by atoms with Gasteiger partial charge in [0.1, 0.15) is 0 Å². The standard InChI is InChI=1S/C13H12ClN/c1-10-7-8-12(9-13(10)14)15-11-5-3-2-4-6-11/h2-9,15H,1H3. The van der Waals surface area contributed by atoms with Gasteiger partial charge in [-0.2, -0.15) is 0 Å². The Hall–Kier alpha value is -1.47. The monoisotopic (exact) mass is 217 g/mol. The van der Waals surface area contributed by atoms with Gasteiger partial charge in [-0.25, -0.2) is 0 Å². The zero-order valence-electron chi connectivity index (χ0n) is 8.50. The van der Waals surface area contributed by atoms with Gasteiger partial charge < -0.3 is 5.32 Å². The number of hydrogen-bond acceptors (Lipinski definition) is 1. The second-order valence-electron chi connectivity index (χ2n) is 3.45. The van der Waals surface area contributed by atoms with Crippen molar-refractivity contribution in [2.45, 2.75) is 6.92 Å². The summed E-state index contributed by atoms with van der Waals surface area (Å²) in [5.41, 5.74) is 3.17. The molecule has 0 aliphatic heterocycles. The fourth-order valence-corrected chi connectivity index (χ4v) is 1.54. The molecule has 0 aliphatic carbocycles. The largest absolute Gasteiger partial charge is 0.355 e. The number of benzene rings is 2. The highest BCUT2D eigenvalue weighted by Crippen LogP contribution is 2.22. The highest BCUT2D eigenvalue weighted by molar-refractivity contribution is 6.31. The number of halogens is 1. The Kier molecular flexibility index (Phi) is 2.93. The minimum absolute atomic E-state index is 0.788. The van der Waals surface area contributed by atoms with E-state index in [4.69, 9.17) is 11.6 Å². The number of nitrogens with one attached hydrogen (secondary N) is 1. The van der Waals surface area contributed by atoms with E-state index < -0.39 is 0 Å². The quantitative estimate of drug-likeness (QED) is 0.787. The summed E-state index contributed by atoms with van der Waals surface area (Å²) >= 11 is 6.04. The van der Waals surface area contributed by atoms with Crippen molar-refractivity contribution in [3.63, 3.8) is 0 Å². The summed E-state index contributed by atoms with van der Waals surface area (Å²) < 4.78 is 0. The number of rotatable bonds is 2. The average Bonchev–Trinajstić information content (AvgIpc) is 2.25. The van der Waals surface area contributed by atoms with E-state index in [2.05, 4.69) is 5.32 Å². The van der Waals surface area contributed by atoms with Crippen molar-refractivity contribution in [2.75, 3.05) is 5.32 Å². The molecule has 0 fully saturated rings. The molecule has 76 valence electrons. The first kappa shape index (κ1) is 10.1. The van der Waals surface area contributed by atoms with Gasteiger partial charge in [-0.3, -0.25) is 0 Å². The van der Waals surface area contributed by atoms with E-state index in [1.54, 1.807) is 0 Å². The van der Waals surface area contributed by atoms with Crippen LogP contribution in [0.4, 0.5) is 11.4 Å². The molecule has 2 aromatic carbocycles. The van der Waals surface area contributed by atoms with Crippen LogP contribution in [0.25, 0.3) is 0 Å². The Labute approximate surface area is 94.7 Å². The molecule has 0 spiro atoms. The number of anilines is 2. The van der Waals surface area contributed by atoms with E-state index in [-0.39, 0.29) is 0 Å². The molecule has 0 bridgehead atoms. The molecule has 0 saturated carbocycles. The first-order valence-corrected chi connectivity index (χ1v) is 5.22. The summed E-state index contributed by atoms with van der Waals surface area (Å²) in [7, 11) is 0. The fourth-order valence-electron chi connectivity index (χ4n) is 1.36. The molecule has 2 rings (SSSR count). The molecule has 0 aromatic heterocycles. The van der Waals surface area contributed by atoms with E-state index in [1.165, 1.54) is 0 Å². The molecule has 0 radical (unpaired) electrons. The molecule has 0 amide bonds. The van der Waals surface area contributed by atoms with Crippen LogP contribution in [0.2, 0.25) is 5.02 Å². The van der Waals surface area contributed by atoms with Crippen LogP contribution in [0.1, 0.15) is 5.56 Å². The zero-order chi connectivity index (χ0) is 10.7. The van der Waals surface area contributed by atoms with Gasteiger partial charge in [-0.1, -0.05) is 35.9 Å². The van der Waals surface area contributed by atoms with Crippen LogP contribution < -0.4 is 5.32 Å². The highest BCUT2D eigenvalue weighted by Gasteiger charge is 1.97. The molecule has 15 heavy (non-hydrogen) atoms. The smallest absolute Gasteiger partial charge is 0.0455 e. The fraction of sp³-hybridized carbons (Fsp3) is 0.0769. The summed E-state index contributed by atoms with van der Waals surface area (Å²) in [4.78, 5) is 0. The van der Waals surface area contributed by atoms with Crippen molar-refractivity contribution in [3.8, 4) is 0 Å². The van der Waals surface area contributed by atoms with E-state index in [9.17, 15) is 0 Å². The third-order valence-corrected chi connectivity index (χ3v) is 2.64. The molecule has 1 N–H and O–H groups in total. The minimum Gasteiger partial charge on any atom is -0.355 e. The van der Waals surface area contributed by atoms with Crippen LogP contribution in [0.3, 0.4) is 0 Å². The molecular weight excluding hydrogens is 206 g/mol. The molecule has 0 unspecified atom stereocenters. The Morgan fingerprint density at radius 2 is 1.67 bits per heavy atom. The van der Waals surface area contributed by atoms with Crippen LogP contribution >= 0.6 is 11.6 Å². The maximum absolute atomic E-state index is 6.04. The lowest BCUT2D eigenvalue weighted by Gasteiger charge is -2.07. The Balaban J connectivity index is 2.22. The third-order valence-electron chi connectivity index (χ3n) is 2.23.